The standard InChI is InChI=1S/C22H17ClN2O3/c1-14-10-16(23)12-19-20(24-27)22(26)25(21(14)19)13-15-6-5-9-18(11-15)28-17-7-3-2-4-8-17/h2-12,26H,13H2,1H3. The summed E-state index contributed by atoms with van der Waals surface area (Å²) >= 11 is 6.12. The van der Waals surface area contributed by atoms with Crippen molar-refractivity contribution in [2.24, 2.45) is 5.18 Å². The van der Waals surface area contributed by atoms with E-state index >= 15 is 0 Å². The van der Waals surface area contributed by atoms with Crippen LogP contribution in [0.1, 0.15) is 11.1 Å². The van der Waals surface area contributed by atoms with Crippen LogP contribution >= 0.6 is 11.6 Å². The number of hydrogen-bond donors (Lipinski definition) is 1. The van der Waals surface area contributed by atoms with Gasteiger partial charge >= 0.3 is 0 Å². The maximum atomic E-state index is 11.3. The molecule has 4 aromatic rings. The molecule has 3 aromatic carbocycles. The fourth-order valence-electron chi connectivity index (χ4n) is 3.39. The van der Waals surface area contributed by atoms with Crippen LogP contribution in [0.3, 0.4) is 0 Å². The Labute approximate surface area is 166 Å². The van der Waals surface area contributed by atoms with Gasteiger partial charge in [0.2, 0.25) is 5.88 Å². The lowest BCUT2D eigenvalue weighted by atomic mass is 10.1. The molecule has 0 atom stereocenters. The highest BCUT2D eigenvalue weighted by atomic mass is 35.5. The minimum atomic E-state index is -0.176. The van der Waals surface area contributed by atoms with Crippen molar-refractivity contribution >= 4 is 28.2 Å². The van der Waals surface area contributed by atoms with Crippen molar-refractivity contribution in [3.63, 3.8) is 0 Å². The predicted molar refractivity (Wildman–Crippen MR) is 111 cm³/mol. The van der Waals surface area contributed by atoms with Gasteiger partial charge in [-0.1, -0.05) is 41.9 Å². The lowest BCUT2D eigenvalue weighted by molar-refractivity contribution is 0.429. The zero-order chi connectivity index (χ0) is 19.7. The van der Waals surface area contributed by atoms with Crippen LogP contribution in [0, 0.1) is 11.8 Å². The Morgan fingerprint density at radius 3 is 2.54 bits per heavy atom. The molecule has 0 aliphatic rings. The molecule has 0 aliphatic carbocycles. The summed E-state index contributed by atoms with van der Waals surface area (Å²) in [6.07, 6.45) is 0. The highest BCUT2D eigenvalue weighted by molar-refractivity contribution is 6.31. The highest BCUT2D eigenvalue weighted by Gasteiger charge is 2.20. The molecule has 0 amide bonds. The maximum Gasteiger partial charge on any atom is 0.222 e. The number of benzene rings is 3. The summed E-state index contributed by atoms with van der Waals surface area (Å²) in [4.78, 5) is 11.3. The Kier molecular flexibility index (Phi) is 4.75. The van der Waals surface area contributed by atoms with Gasteiger partial charge in [-0.3, -0.25) is 0 Å². The molecule has 0 fully saturated rings. The van der Waals surface area contributed by atoms with E-state index in [1.165, 1.54) is 0 Å². The second-order valence-electron chi connectivity index (χ2n) is 6.53. The molecule has 1 heterocycles. The van der Waals surface area contributed by atoms with E-state index in [2.05, 4.69) is 5.18 Å². The second kappa shape index (κ2) is 7.37. The summed E-state index contributed by atoms with van der Waals surface area (Å²) < 4.78 is 7.55. The number of nitrogens with zero attached hydrogens (tertiary/aromatic N) is 2. The first-order chi connectivity index (χ1) is 13.6. The number of hydrogen-bond acceptors (Lipinski definition) is 4. The molecule has 1 N–H and O–H groups in total. The molecule has 1 aromatic heterocycles. The summed E-state index contributed by atoms with van der Waals surface area (Å²) in [5, 5.41) is 14.6. The average Bonchev–Trinajstić information content (AvgIpc) is 2.94. The van der Waals surface area contributed by atoms with Crippen molar-refractivity contribution in [2.45, 2.75) is 13.5 Å². The van der Waals surface area contributed by atoms with Crippen LogP contribution in [0.2, 0.25) is 5.02 Å². The van der Waals surface area contributed by atoms with E-state index in [9.17, 15) is 10.0 Å². The largest absolute Gasteiger partial charge is 0.493 e. The van der Waals surface area contributed by atoms with Crippen LogP contribution < -0.4 is 4.74 Å². The van der Waals surface area contributed by atoms with E-state index in [1.54, 1.807) is 16.7 Å². The molecule has 0 saturated heterocycles. The SMILES string of the molecule is Cc1cc(Cl)cc2c(N=O)c(O)n(Cc3cccc(Oc4ccccc4)c3)c12. The van der Waals surface area contributed by atoms with Gasteiger partial charge in [0, 0.05) is 10.4 Å². The highest BCUT2D eigenvalue weighted by Crippen LogP contribution is 2.41. The Morgan fingerprint density at radius 1 is 1.04 bits per heavy atom. The Balaban J connectivity index is 1.74. The molecule has 0 bridgehead atoms. The fourth-order valence-corrected chi connectivity index (χ4v) is 3.66. The lowest BCUT2D eigenvalue weighted by Gasteiger charge is -2.11. The van der Waals surface area contributed by atoms with Gasteiger partial charge in [0.15, 0.2) is 5.69 Å². The minimum Gasteiger partial charge on any atom is -0.493 e. The molecule has 0 unspecified atom stereocenters. The third-order valence-corrected chi connectivity index (χ3v) is 4.79. The summed E-state index contributed by atoms with van der Waals surface area (Å²) in [7, 11) is 0. The number of aromatic nitrogens is 1. The van der Waals surface area contributed by atoms with Crippen molar-refractivity contribution in [1.29, 1.82) is 0 Å². The van der Waals surface area contributed by atoms with Gasteiger partial charge in [-0.2, -0.15) is 0 Å². The fraction of sp³-hybridized carbons (Fsp3) is 0.0909. The maximum absolute atomic E-state index is 11.3. The predicted octanol–water partition coefficient (Wildman–Crippen LogP) is 6.55. The van der Waals surface area contributed by atoms with Gasteiger partial charge in [0.05, 0.1) is 12.1 Å². The van der Waals surface area contributed by atoms with E-state index in [0.29, 0.717) is 22.7 Å². The minimum absolute atomic E-state index is 0.00251. The normalized spacial score (nSPS) is 10.9. The third kappa shape index (κ3) is 3.32. The van der Waals surface area contributed by atoms with E-state index in [1.807, 2.05) is 61.5 Å². The number of nitroso groups, excluding NO2 is 1. The molecule has 6 heteroatoms. The Bertz CT molecular complexity index is 1170. The van der Waals surface area contributed by atoms with Crippen molar-refractivity contribution in [3.05, 3.63) is 87.8 Å². The van der Waals surface area contributed by atoms with Crippen molar-refractivity contribution in [2.75, 3.05) is 0 Å². The first kappa shape index (κ1) is 18.1. The number of aromatic hydroxyl groups is 1. The number of fused-ring (bicyclic) bond motifs is 1. The molecule has 140 valence electrons. The van der Waals surface area contributed by atoms with E-state index in [0.717, 1.165) is 22.4 Å². The van der Waals surface area contributed by atoms with E-state index in [-0.39, 0.29) is 11.6 Å². The molecular formula is C22H17ClN2O3. The van der Waals surface area contributed by atoms with Gasteiger partial charge in [-0.15, -0.1) is 4.91 Å². The van der Waals surface area contributed by atoms with Crippen LogP contribution in [0.25, 0.3) is 10.9 Å². The molecule has 0 radical (unpaired) electrons. The Hall–Kier alpha value is -3.31. The first-order valence-corrected chi connectivity index (χ1v) is 9.11. The molecule has 28 heavy (non-hydrogen) atoms. The van der Waals surface area contributed by atoms with Gasteiger partial charge in [0.25, 0.3) is 0 Å². The molecule has 5 nitrogen and oxygen atoms in total. The zero-order valence-electron chi connectivity index (χ0n) is 15.1. The number of para-hydroxylation sites is 1. The monoisotopic (exact) mass is 392 g/mol. The Morgan fingerprint density at radius 2 is 1.79 bits per heavy atom. The molecule has 0 spiro atoms. The smallest absolute Gasteiger partial charge is 0.222 e. The van der Waals surface area contributed by atoms with Crippen molar-refractivity contribution in [1.82, 2.24) is 4.57 Å². The number of rotatable bonds is 5. The van der Waals surface area contributed by atoms with Crippen LogP contribution in [0.4, 0.5) is 5.69 Å². The van der Waals surface area contributed by atoms with Crippen LogP contribution in [-0.2, 0) is 6.54 Å². The molecule has 0 saturated carbocycles. The second-order valence-corrected chi connectivity index (χ2v) is 6.97. The molecule has 4 rings (SSSR count). The van der Waals surface area contributed by atoms with Gasteiger partial charge < -0.3 is 14.4 Å². The lowest BCUT2D eigenvalue weighted by Crippen LogP contribution is -2.00. The van der Waals surface area contributed by atoms with Gasteiger partial charge in [0.1, 0.15) is 11.5 Å². The van der Waals surface area contributed by atoms with Crippen LogP contribution in [0.15, 0.2) is 71.9 Å². The summed E-state index contributed by atoms with van der Waals surface area (Å²) in [5.41, 5.74) is 2.49. The van der Waals surface area contributed by atoms with E-state index < -0.39 is 0 Å². The average molecular weight is 393 g/mol. The number of aryl methyl sites for hydroxylation is 1. The third-order valence-electron chi connectivity index (χ3n) is 4.57. The van der Waals surface area contributed by atoms with Crippen LogP contribution in [-0.4, -0.2) is 9.67 Å². The van der Waals surface area contributed by atoms with Crippen molar-refractivity contribution in [3.8, 4) is 17.4 Å². The zero-order valence-corrected chi connectivity index (χ0v) is 15.8. The van der Waals surface area contributed by atoms with E-state index in [4.69, 9.17) is 16.3 Å². The van der Waals surface area contributed by atoms with Crippen LogP contribution in [0.5, 0.6) is 17.4 Å². The first-order valence-electron chi connectivity index (χ1n) is 8.73. The van der Waals surface area contributed by atoms with Gasteiger partial charge in [-0.05, 0) is 59.6 Å². The number of halogens is 1. The van der Waals surface area contributed by atoms with Gasteiger partial charge in [-0.25, -0.2) is 0 Å². The summed E-state index contributed by atoms with van der Waals surface area (Å²) in [5.74, 6) is 1.25. The quantitative estimate of drug-likeness (QED) is 0.392. The molecular weight excluding hydrogens is 376 g/mol. The molecule has 0 aliphatic heterocycles. The topological polar surface area (TPSA) is 63.8 Å². The number of ether oxygens (including phenoxy) is 1. The summed E-state index contributed by atoms with van der Waals surface area (Å²) in [6.45, 7) is 2.24. The summed E-state index contributed by atoms with van der Waals surface area (Å²) in [6, 6.07) is 20.5. The van der Waals surface area contributed by atoms with Crippen molar-refractivity contribution < 1.29 is 9.84 Å².